The molecule has 0 fully saturated rings. The average molecular weight is 282 g/mol. The van der Waals surface area contributed by atoms with E-state index in [0.29, 0.717) is 17.3 Å². The molecule has 0 aliphatic heterocycles. The van der Waals surface area contributed by atoms with E-state index >= 15 is 0 Å². The Labute approximate surface area is 117 Å². The van der Waals surface area contributed by atoms with E-state index in [1.165, 1.54) is 0 Å². The molecule has 5 heteroatoms. The monoisotopic (exact) mass is 281 g/mol. The third-order valence-corrected chi connectivity index (χ3v) is 3.64. The maximum absolute atomic E-state index is 13.5. The van der Waals surface area contributed by atoms with E-state index in [1.807, 2.05) is 24.6 Å². The number of hydrogen-bond acceptors (Lipinski definition) is 2. The van der Waals surface area contributed by atoms with Crippen molar-refractivity contribution >= 4 is 11.6 Å². The van der Waals surface area contributed by atoms with Crippen LogP contribution in [0.2, 0.25) is 5.15 Å². The summed E-state index contributed by atoms with van der Waals surface area (Å²) >= 11 is 5.92. The topological polar surface area (TPSA) is 29.9 Å². The minimum atomic E-state index is -0.175. The standard InChI is InChI=1S/C14H17ClFN3/c1-9-4-5-11(6-12(9)16)10(2)17-8-14-18-7-13(15)19(14)3/h4-7,10,17H,8H2,1-3H3. The first-order chi connectivity index (χ1) is 8.99. The molecule has 0 aliphatic rings. The summed E-state index contributed by atoms with van der Waals surface area (Å²) in [5, 5.41) is 3.91. The molecule has 0 bridgehead atoms. The number of rotatable bonds is 4. The molecule has 3 nitrogen and oxygen atoms in total. The van der Waals surface area contributed by atoms with Gasteiger partial charge in [-0.1, -0.05) is 23.7 Å². The molecular formula is C14H17ClFN3. The Hall–Kier alpha value is -1.39. The van der Waals surface area contributed by atoms with Crippen molar-refractivity contribution in [1.29, 1.82) is 0 Å². The number of nitrogens with zero attached hydrogens (tertiary/aromatic N) is 2. The highest BCUT2D eigenvalue weighted by atomic mass is 35.5. The minimum absolute atomic E-state index is 0.0468. The van der Waals surface area contributed by atoms with Crippen LogP contribution in [0.1, 0.15) is 29.9 Å². The number of halogens is 2. The predicted octanol–water partition coefficient (Wildman–Crippen LogP) is 3.37. The summed E-state index contributed by atoms with van der Waals surface area (Å²) in [6.07, 6.45) is 1.62. The van der Waals surface area contributed by atoms with Crippen molar-refractivity contribution in [1.82, 2.24) is 14.9 Å². The highest BCUT2D eigenvalue weighted by Crippen LogP contribution is 2.17. The van der Waals surface area contributed by atoms with Gasteiger partial charge < -0.3 is 9.88 Å². The van der Waals surface area contributed by atoms with Gasteiger partial charge >= 0.3 is 0 Å². The Bertz CT molecular complexity index is 580. The van der Waals surface area contributed by atoms with E-state index in [0.717, 1.165) is 11.4 Å². The number of nitrogens with one attached hydrogen (secondary N) is 1. The van der Waals surface area contributed by atoms with E-state index in [-0.39, 0.29) is 11.9 Å². The fourth-order valence-electron chi connectivity index (χ4n) is 1.83. The molecule has 0 amide bonds. The highest BCUT2D eigenvalue weighted by Gasteiger charge is 2.09. The summed E-state index contributed by atoms with van der Waals surface area (Å²) in [5.74, 6) is 0.676. The van der Waals surface area contributed by atoms with Gasteiger partial charge in [-0.05, 0) is 31.0 Å². The second kappa shape index (κ2) is 5.72. The van der Waals surface area contributed by atoms with Gasteiger partial charge in [-0.3, -0.25) is 0 Å². The Kier molecular flexibility index (Phi) is 4.22. The van der Waals surface area contributed by atoms with Crippen molar-refractivity contribution in [2.45, 2.75) is 26.4 Å². The quantitative estimate of drug-likeness (QED) is 0.931. The molecule has 19 heavy (non-hydrogen) atoms. The Balaban J connectivity index is 2.03. The summed E-state index contributed by atoms with van der Waals surface area (Å²) in [6, 6.07) is 5.34. The fraction of sp³-hybridized carbons (Fsp3) is 0.357. The molecule has 0 aliphatic carbocycles. The van der Waals surface area contributed by atoms with E-state index in [4.69, 9.17) is 11.6 Å². The number of imidazole rings is 1. The van der Waals surface area contributed by atoms with E-state index in [1.54, 1.807) is 25.3 Å². The van der Waals surface area contributed by atoms with Crippen LogP contribution in [0.4, 0.5) is 4.39 Å². The van der Waals surface area contributed by atoms with E-state index < -0.39 is 0 Å². The first kappa shape index (κ1) is 14.0. The van der Waals surface area contributed by atoms with Crippen molar-refractivity contribution < 1.29 is 4.39 Å². The second-order valence-electron chi connectivity index (χ2n) is 4.67. The zero-order valence-electron chi connectivity index (χ0n) is 11.2. The van der Waals surface area contributed by atoms with Crippen molar-refractivity contribution in [3.05, 3.63) is 52.3 Å². The lowest BCUT2D eigenvalue weighted by atomic mass is 10.1. The number of aryl methyl sites for hydroxylation is 1. The fourth-order valence-corrected chi connectivity index (χ4v) is 1.98. The van der Waals surface area contributed by atoms with Crippen molar-refractivity contribution in [2.75, 3.05) is 0 Å². The lowest BCUT2D eigenvalue weighted by molar-refractivity contribution is 0.542. The van der Waals surface area contributed by atoms with Gasteiger partial charge in [-0.25, -0.2) is 9.37 Å². The second-order valence-corrected chi connectivity index (χ2v) is 5.05. The molecule has 1 aromatic carbocycles. The molecule has 1 aromatic heterocycles. The van der Waals surface area contributed by atoms with Gasteiger partial charge in [0.05, 0.1) is 12.7 Å². The van der Waals surface area contributed by atoms with E-state index in [2.05, 4.69) is 10.3 Å². The molecule has 2 rings (SSSR count). The number of aromatic nitrogens is 2. The van der Waals surface area contributed by atoms with Crippen molar-refractivity contribution in [3.63, 3.8) is 0 Å². The third-order valence-electron chi connectivity index (χ3n) is 3.29. The molecule has 102 valence electrons. The zero-order chi connectivity index (χ0) is 14.0. The molecule has 0 radical (unpaired) electrons. The third kappa shape index (κ3) is 3.14. The molecule has 1 atom stereocenters. The normalized spacial score (nSPS) is 12.7. The lowest BCUT2D eigenvalue weighted by Crippen LogP contribution is -2.20. The van der Waals surface area contributed by atoms with Crippen LogP contribution in [0.15, 0.2) is 24.4 Å². The van der Waals surface area contributed by atoms with Crippen LogP contribution >= 0.6 is 11.6 Å². The van der Waals surface area contributed by atoms with Crippen LogP contribution in [-0.2, 0) is 13.6 Å². The first-order valence-electron chi connectivity index (χ1n) is 6.14. The molecule has 2 aromatic rings. The summed E-state index contributed by atoms with van der Waals surface area (Å²) in [7, 11) is 1.86. The Morgan fingerprint density at radius 2 is 2.21 bits per heavy atom. The van der Waals surface area contributed by atoms with Gasteiger partial charge in [-0.2, -0.15) is 0 Å². The Morgan fingerprint density at radius 3 is 2.79 bits per heavy atom. The van der Waals surface area contributed by atoms with Gasteiger partial charge in [0, 0.05) is 13.1 Å². The van der Waals surface area contributed by atoms with Crippen LogP contribution in [0.3, 0.4) is 0 Å². The molecular weight excluding hydrogens is 265 g/mol. The van der Waals surface area contributed by atoms with Crippen molar-refractivity contribution in [2.24, 2.45) is 7.05 Å². The van der Waals surface area contributed by atoms with Crippen molar-refractivity contribution in [3.8, 4) is 0 Å². The number of benzene rings is 1. The first-order valence-corrected chi connectivity index (χ1v) is 6.52. The molecule has 1 heterocycles. The van der Waals surface area contributed by atoms with Gasteiger partial charge in [-0.15, -0.1) is 0 Å². The van der Waals surface area contributed by atoms with Crippen LogP contribution < -0.4 is 5.32 Å². The summed E-state index contributed by atoms with van der Waals surface area (Å²) in [4.78, 5) is 4.21. The minimum Gasteiger partial charge on any atom is -0.321 e. The maximum atomic E-state index is 13.5. The van der Waals surface area contributed by atoms with Gasteiger partial charge in [0.15, 0.2) is 0 Å². The van der Waals surface area contributed by atoms with Crippen LogP contribution in [0, 0.1) is 12.7 Å². The SMILES string of the molecule is Cc1ccc(C(C)NCc2ncc(Cl)n2C)cc1F. The summed E-state index contributed by atoms with van der Waals surface area (Å²) in [6.45, 7) is 4.33. The Morgan fingerprint density at radius 1 is 1.47 bits per heavy atom. The largest absolute Gasteiger partial charge is 0.321 e. The maximum Gasteiger partial charge on any atom is 0.128 e. The predicted molar refractivity (Wildman–Crippen MR) is 74.6 cm³/mol. The molecule has 0 spiro atoms. The van der Waals surface area contributed by atoms with Crippen LogP contribution in [0.5, 0.6) is 0 Å². The van der Waals surface area contributed by atoms with Crippen LogP contribution in [-0.4, -0.2) is 9.55 Å². The summed E-state index contributed by atoms with van der Waals surface area (Å²) < 4.78 is 15.3. The molecule has 0 saturated carbocycles. The highest BCUT2D eigenvalue weighted by molar-refractivity contribution is 6.29. The smallest absolute Gasteiger partial charge is 0.128 e. The molecule has 1 unspecified atom stereocenters. The zero-order valence-corrected chi connectivity index (χ0v) is 12.0. The van der Waals surface area contributed by atoms with Gasteiger partial charge in [0.25, 0.3) is 0 Å². The molecule has 1 N–H and O–H groups in total. The summed E-state index contributed by atoms with van der Waals surface area (Å²) in [5.41, 5.74) is 1.58. The van der Waals surface area contributed by atoms with E-state index in [9.17, 15) is 4.39 Å². The lowest BCUT2D eigenvalue weighted by Gasteiger charge is -2.14. The van der Waals surface area contributed by atoms with Gasteiger partial charge in [0.1, 0.15) is 16.8 Å². The van der Waals surface area contributed by atoms with Gasteiger partial charge in [0.2, 0.25) is 0 Å². The number of hydrogen-bond donors (Lipinski definition) is 1. The average Bonchev–Trinajstić information content (AvgIpc) is 2.70. The molecule has 0 saturated heterocycles. The van der Waals surface area contributed by atoms with Crippen LogP contribution in [0.25, 0.3) is 0 Å².